The van der Waals surface area contributed by atoms with E-state index >= 15 is 0 Å². The molecule has 0 bridgehead atoms. The molecule has 0 radical (unpaired) electrons. The maximum atomic E-state index is 11.8. The van der Waals surface area contributed by atoms with Gasteiger partial charge >= 0.3 is 0 Å². The van der Waals surface area contributed by atoms with Gasteiger partial charge < -0.3 is 14.8 Å². The van der Waals surface area contributed by atoms with Crippen LogP contribution in [0, 0.1) is 6.92 Å². The van der Waals surface area contributed by atoms with Gasteiger partial charge in [0.05, 0.1) is 6.61 Å². The largest absolute Gasteiger partial charge is 0.494 e. The molecule has 2 aromatic rings. The third-order valence-electron chi connectivity index (χ3n) is 3.15. The molecular formula is C18H21NO3. The molecule has 2 rings (SSSR count). The summed E-state index contributed by atoms with van der Waals surface area (Å²) >= 11 is 0. The topological polar surface area (TPSA) is 47.6 Å². The van der Waals surface area contributed by atoms with Gasteiger partial charge in [0.2, 0.25) is 0 Å². The number of ether oxygens (including phenoxy) is 2. The molecule has 0 saturated heterocycles. The second kappa shape index (κ2) is 8.08. The minimum absolute atomic E-state index is 0.00992. The highest BCUT2D eigenvalue weighted by Gasteiger charge is 2.05. The van der Waals surface area contributed by atoms with E-state index < -0.39 is 0 Å². The zero-order chi connectivity index (χ0) is 15.8. The van der Waals surface area contributed by atoms with Crippen LogP contribution in [0.4, 0.5) is 0 Å². The number of hydrogen-bond acceptors (Lipinski definition) is 3. The Kier molecular flexibility index (Phi) is 5.83. The summed E-state index contributed by atoms with van der Waals surface area (Å²) in [4.78, 5) is 11.8. The summed E-state index contributed by atoms with van der Waals surface area (Å²) in [5, 5.41) is 2.84. The number of benzene rings is 2. The average Bonchev–Trinajstić information content (AvgIpc) is 2.53. The fourth-order valence-electron chi connectivity index (χ4n) is 2.03. The van der Waals surface area contributed by atoms with Gasteiger partial charge in [0.15, 0.2) is 6.61 Å². The standard InChI is InChI=1S/C18H21NO3/c1-3-21-16-9-6-8-15(11-16)12-19-18(20)13-22-17-10-5-4-7-14(17)2/h4-11H,3,12-13H2,1-2H3,(H,19,20). The highest BCUT2D eigenvalue weighted by atomic mass is 16.5. The molecule has 0 saturated carbocycles. The van der Waals surface area contributed by atoms with Gasteiger partial charge in [0.1, 0.15) is 11.5 Å². The smallest absolute Gasteiger partial charge is 0.258 e. The second-order valence-corrected chi connectivity index (χ2v) is 4.91. The Bertz CT molecular complexity index is 625. The Morgan fingerprint density at radius 2 is 1.91 bits per heavy atom. The van der Waals surface area contributed by atoms with Gasteiger partial charge in [-0.3, -0.25) is 4.79 Å². The van der Waals surface area contributed by atoms with Crippen molar-refractivity contribution in [3.63, 3.8) is 0 Å². The molecule has 0 spiro atoms. The first-order valence-electron chi connectivity index (χ1n) is 7.36. The van der Waals surface area contributed by atoms with Crippen molar-refractivity contribution >= 4 is 5.91 Å². The van der Waals surface area contributed by atoms with E-state index in [1.807, 2.05) is 62.4 Å². The summed E-state index contributed by atoms with van der Waals surface area (Å²) in [6, 6.07) is 15.3. The van der Waals surface area contributed by atoms with Gasteiger partial charge in [-0.1, -0.05) is 30.3 Å². The molecule has 0 fully saturated rings. The lowest BCUT2D eigenvalue weighted by atomic mass is 10.2. The maximum Gasteiger partial charge on any atom is 0.258 e. The van der Waals surface area contributed by atoms with Crippen molar-refractivity contribution in [3.8, 4) is 11.5 Å². The Labute approximate surface area is 131 Å². The van der Waals surface area contributed by atoms with E-state index in [-0.39, 0.29) is 12.5 Å². The molecule has 1 amide bonds. The summed E-state index contributed by atoms with van der Waals surface area (Å²) in [5.41, 5.74) is 2.01. The van der Waals surface area contributed by atoms with Gasteiger partial charge in [0.25, 0.3) is 5.91 Å². The van der Waals surface area contributed by atoms with Crippen LogP contribution in [0.2, 0.25) is 0 Å². The third kappa shape index (κ3) is 4.81. The van der Waals surface area contributed by atoms with Crippen molar-refractivity contribution in [2.75, 3.05) is 13.2 Å². The van der Waals surface area contributed by atoms with E-state index in [0.29, 0.717) is 13.2 Å². The molecule has 4 nitrogen and oxygen atoms in total. The number of aryl methyl sites for hydroxylation is 1. The first-order chi connectivity index (χ1) is 10.7. The number of carbonyl (C=O) groups excluding carboxylic acids is 1. The van der Waals surface area contributed by atoms with Crippen molar-refractivity contribution in [3.05, 3.63) is 59.7 Å². The van der Waals surface area contributed by atoms with Gasteiger partial charge in [0, 0.05) is 6.54 Å². The van der Waals surface area contributed by atoms with Gasteiger partial charge in [-0.2, -0.15) is 0 Å². The molecule has 2 aromatic carbocycles. The predicted molar refractivity (Wildman–Crippen MR) is 86.1 cm³/mol. The summed E-state index contributed by atoms with van der Waals surface area (Å²) in [7, 11) is 0. The number of hydrogen-bond donors (Lipinski definition) is 1. The molecule has 0 aliphatic heterocycles. The molecular weight excluding hydrogens is 278 g/mol. The average molecular weight is 299 g/mol. The summed E-state index contributed by atoms with van der Waals surface area (Å²) in [5.74, 6) is 1.39. The Morgan fingerprint density at radius 3 is 2.68 bits per heavy atom. The quantitative estimate of drug-likeness (QED) is 0.854. The van der Waals surface area contributed by atoms with E-state index in [1.54, 1.807) is 0 Å². The Hall–Kier alpha value is -2.49. The number of carbonyl (C=O) groups is 1. The van der Waals surface area contributed by atoms with Crippen LogP contribution in [-0.2, 0) is 11.3 Å². The van der Waals surface area contributed by atoms with Crippen LogP contribution in [0.5, 0.6) is 11.5 Å². The van der Waals surface area contributed by atoms with Crippen LogP contribution in [0.25, 0.3) is 0 Å². The van der Waals surface area contributed by atoms with Gasteiger partial charge in [-0.25, -0.2) is 0 Å². The number of nitrogens with one attached hydrogen (secondary N) is 1. The van der Waals surface area contributed by atoms with Crippen LogP contribution in [-0.4, -0.2) is 19.1 Å². The molecule has 0 aliphatic carbocycles. The van der Waals surface area contributed by atoms with Crippen LogP contribution in [0.1, 0.15) is 18.1 Å². The number of para-hydroxylation sites is 1. The summed E-state index contributed by atoms with van der Waals surface area (Å²) in [6.07, 6.45) is 0. The minimum Gasteiger partial charge on any atom is -0.494 e. The molecule has 0 atom stereocenters. The van der Waals surface area contributed by atoms with E-state index in [1.165, 1.54) is 0 Å². The van der Waals surface area contributed by atoms with Crippen molar-refractivity contribution in [2.45, 2.75) is 20.4 Å². The SMILES string of the molecule is CCOc1cccc(CNC(=O)COc2ccccc2C)c1. The third-order valence-corrected chi connectivity index (χ3v) is 3.15. The van der Waals surface area contributed by atoms with Crippen molar-refractivity contribution in [1.29, 1.82) is 0 Å². The molecule has 0 aromatic heterocycles. The van der Waals surface area contributed by atoms with Crippen LogP contribution in [0.3, 0.4) is 0 Å². The normalized spacial score (nSPS) is 10.1. The fraction of sp³-hybridized carbons (Fsp3) is 0.278. The lowest BCUT2D eigenvalue weighted by Crippen LogP contribution is -2.28. The van der Waals surface area contributed by atoms with Crippen molar-refractivity contribution in [2.24, 2.45) is 0 Å². The molecule has 116 valence electrons. The minimum atomic E-state index is -0.148. The fourth-order valence-corrected chi connectivity index (χ4v) is 2.03. The van der Waals surface area contributed by atoms with Gasteiger partial charge in [-0.15, -0.1) is 0 Å². The highest BCUT2D eigenvalue weighted by molar-refractivity contribution is 5.77. The maximum absolute atomic E-state index is 11.8. The zero-order valence-corrected chi connectivity index (χ0v) is 13.0. The number of amides is 1. The van der Waals surface area contributed by atoms with E-state index in [4.69, 9.17) is 9.47 Å². The van der Waals surface area contributed by atoms with E-state index in [2.05, 4.69) is 5.32 Å². The number of rotatable bonds is 7. The Balaban J connectivity index is 1.80. The van der Waals surface area contributed by atoms with Gasteiger partial charge in [-0.05, 0) is 43.2 Å². The van der Waals surface area contributed by atoms with Crippen LogP contribution in [0.15, 0.2) is 48.5 Å². The monoisotopic (exact) mass is 299 g/mol. The van der Waals surface area contributed by atoms with Crippen LogP contribution < -0.4 is 14.8 Å². The predicted octanol–water partition coefficient (Wildman–Crippen LogP) is 3.09. The Morgan fingerprint density at radius 1 is 1.09 bits per heavy atom. The lowest BCUT2D eigenvalue weighted by molar-refractivity contribution is -0.123. The molecule has 1 N–H and O–H groups in total. The van der Waals surface area contributed by atoms with E-state index in [9.17, 15) is 4.79 Å². The first kappa shape index (κ1) is 15.9. The molecule has 0 heterocycles. The molecule has 22 heavy (non-hydrogen) atoms. The molecule has 0 unspecified atom stereocenters. The van der Waals surface area contributed by atoms with Crippen molar-refractivity contribution in [1.82, 2.24) is 5.32 Å². The lowest BCUT2D eigenvalue weighted by Gasteiger charge is -2.10. The second-order valence-electron chi connectivity index (χ2n) is 4.91. The molecule has 4 heteroatoms. The van der Waals surface area contributed by atoms with Crippen molar-refractivity contribution < 1.29 is 14.3 Å². The first-order valence-corrected chi connectivity index (χ1v) is 7.36. The highest BCUT2D eigenvalue weighted by Crippen LogP contribution is 2.16. The molecule has 0 aliphatic rings. The summed E-state index contributed by atoms with van der Waals surface area (Å²) in [6.45, 7) is 4.98. The van der Waals surface area contributed by atoms with E-state index in [0.717, 1.165) is 22.6 Å². The van der Waals surface area contributed by atoms with Crippen LogP contribution >= 0.6 is 0 Å². The zero-order valence-electron chi connectivity index (χ0n) is 13.0. The summed E-state index contributed by atoms with van der Waals surface area (Å²) < 4.78 is 10.9.